The molecule has 0 saturated heterocycles. The van der Waals surface area contributed by atoms with E-state index in [4.69, 9.17) is 9.47 Å². The summed E-state index contributed by atoms with van der Waals surface area (Å²) < 4.78 is 10.5. The Morgan fingerprint density at radius 3 is 2.59 bits per heavy atom. The summed E-state index contributed by atoms with van der Waals surface area (Å²) in [4.78, 5) is 10.8. The SMILES string of the molecule is CC(=O)OC(C)Oc1cccc2ccccc12. The Morgan fingerprint density at radius 2 is 1.82 bits per heavy atom. The van der Waals surface area contributed by atoms with Crippen LogP contribution in [0.5, 0.6) is 5.75 Å². The van der Waals surface area contributed by atoms with E-state index in [9.17, 15) is 4.79 Å². The number of carbonyl (C=O) groups excluding carboxylic acids is 1. The molecule has 88 valence electrons. The Morgan fingerprint density at radius 1 is 1.12 bits per heavy atom. The summed E-state index contributed by atoms with van der Waals surface area (Å²) in [5.74, 6) is 0.370. The number of rotatable bonds is 3. The molecule has 0 bridgehead atoms. The lowest BCUT2D eigenvalue weighted by atomic mass is 10.1. The molecule has 0 radical (unpaired) electrons. The lowest BCUT2D eigenvalue weighted by molar-refractivity contribution is -0.158. The first-order valence-corrected chi connectivity index (χ1v) is 5.48. The second-order valence-corrected chi connectivity index (χ2v) is 3.77. The Balaban J connectivity index is 2.26. The predicted octanol–water partition coefficient (Wildman–Crippen LogP) is 3.13. The summed E-state index contributed by atoms with van der Waals surface area (Å²) >= 11 is 0. The third kappa shape index (κ3) is 2.75. The molecule has 2 rings (SSSR count). The fourth-order valence-corrected chi connectivity index (χ4v) is 1.74. The average molecular weight is 230 g/mol. The fourth-order valence-electron chi connectivity index (χ4n) is 1.74. The first-order chi connectivity index (χ1) is 8.16. The molecule has 0 aliphatic heterocycles. The molecular weight excluding hydrogens is 216 g/mol. The number of hydrogen-bond donors (Lipinski definition) is 0. The standard InChI is InChI=1S/C14H14O3/c1-10(15)16-11(2)17-14-9-5-7-12-6-3-4-8-13(12)14/h3-9,11H,1-2H3. The van der Waals surface area contributed by atoms with E-state index in [2.05, 4.69) is 0 Å². The number of fused-ring (bicyclic) bond motifs is 1. The molecule has 3 heteroatoms. The van der Waals surface area contributed by atoms with E-state index in [-0.39, 0.29) is 5.97 Å². The summed E-state index contributed by atoms with van der Waals surface area (Å²) in [6, 6.07) is 13.7. The zero-order valence-corrected chi connectivity index (χ0v) is 9.84. The molecule has 1 unspecified atom stereocenters. The number of ether oxygens (including phenoxy) is 2. The highest BCUT2D eigenvalue weighted by atomic mass is 16.7. The van der Waals surface area contributed by atoms with Crippen LogP contribution in [0.3, 0.4) is 0 Å². The topological polar surface area (TPSA) is 35.5 Å². The quantitative estimate of drug-likeness (QED) is 0.600. The molecule has 2 aromatic carbocycles. The highest BCUT2D eigenvalue weighted by Crippen LogP contribution is 2.26. The molecule has 0 aromatic heterocycles. The zero-order valence-electron chi connectivity index (χ0n) is 9.84. The van der Waals surface area contributed by atoms with Crippen molar-refractivity contribution < 1.29 is 14.3 Å². The smallest absolute Gasteiger partial charge is 0.305 e. The molecule has 0 spiro atoms. The van der Waals surface area contributed by atoms with Gasteiger partial charge in [-0.2, -0.15) is 0 Å². The van der Waals surface area contributed by atoms with Gasteiger partial charge in [0.25, 0.3) is 0 Å². The Labute approximate surface area is 100.0 Å². The molecule has 0 heterocycles. The summed E-state index contributed by atoms with van der Waals surface area (Å²) in [5, 5.41) is 2.11. The second kappa shape index (κ2) is 4.87. The van der Waals surface area contributed by atoms with Crippen molar-refractivity contribution in [3.63, 3.8) is 0 Å². The first kappa shape index (κ1) is 11.5. The molecule has 0 N–H and O–H groups in total. The van der Waals surface area contributed by atoms with Crippen LogP contribution in [0.15, 0.2) is 42.5 Å². The Kier molecular flexibility index (Phi) is 3.28. The number of esters is 1. The van der Waals surface area contributed by atoms with Gasteiger partial charge in [0.15, 0.2) is 0 Å². The van der Waals surface area contributed by atoms with Gasteiger partial charge in [-0.15, -0.1) is 0 Å². The van der Waals surface area contributed by atoms with Crippen LogP contribution in [-0.2, 0) is 9.53 Å². The van der Waals surface area contributed by atoms with Crippen LogP contribution in [0.25, 0.3) is 10.8 Å². The molecule has 17 heavy (non-hydrogen) atoms. The van der Waals surface area contributed by atoms with Gasteiger partial charge < -0.3 is 9.47 Å². The summed E-state index contributed by atoms with van der Waals surface area (Å²) in [7, 11) is 0. The molecule has 2 aromatic rings. The van der Waals surface area contributed by atoms with Gasteiger partial charge in [-0.25, -0.2) is 0 Å². The summed E-state index contributed by atoms with van der Waals surface area (Å²) in [6.07, 6.45) is -0.585. The monoisotopic (exact) mass is 230 g/mol. The zero-order chi connectivity index (χ0) is 12.3. The lowest BCUT2D eigenvalue weighted by Gasteiger charge is -2.15. The minimum Gasteiger partial charge on any atom is -0.454 e. The van der Waals surface area contributed by atoms with Crippen LogP contribution < -0.4 is 4.74 Å². The van der Waals surface area contributed by atoms with Crippen molar-refractivity contribution in [2.24, 2.45) is 0 Å². The van der Waals surface area contributed by atoms with Crippen molar-refractivity contribution in [3.05, 3.63) is 42.5 Å². The minimum atomic E-state index is -0.585. The molecular formula is C14H14O3. The largest absolute Gasteiger partial charge is 0.454 e. The van der Waals surface area contributed by atoms with E-state index in [0.717, 1.165) is 16.5 Å². The number of benzene rings is 2. The van der Waals surface area contributed by atoms with E-state index in [1.807, 2.05) is 42.5 Å². The van der Waals surface area contributed by atoms with Crippen molar-refractivity contribution in [2.45, 2.75) is 20.1 Å². The number of hydrogen-bond acceptors (Lipinski definition) is 3. The van der Waals surface area contributed by atoms with E-state index >= 15 is 0 Å². The minimum absolute atomic E-state index is 0.349. The normalized spacial score (nSPS) is 12.1. The van der Waals surface area contributed by atoms with Crippen molar-refractivity contribution >= 4 is 16.7 Å². The molecule has 0 saturated carbocycles. The number of carbonyl (C=O) groups is 1. The van der Waals surface area contributed by atoms with Gasteiger partial charge in [0, 0.05) is 19.2 Å². The van der Waals surface area contributed by atoms with Gasteiger partial charge in [-0.05, 0) is 11.5 Å². The van der Waals surface area contributed by atoms with Gasteiger partial charge in [-0.1, -0.05) is 36.4 Å². The van der Waals surface area contributed by atoms with Gasteiger partial charge >= 0.3 is 5.97 Å². The maximum Gasteiger partial charge on any atom is 0.305 e. The molecule has 0 fully saturated rings. The predicted molar refractivity (Wildman–Crippen MR) is 65.8 cm³/mol. The van der Waals surface area contributed by atoms with E-state index in [1.54, 1.807) is 6.92 Å². The maximum atomic E-state index is 10.8. The Bertz CT molecular complexity index is 528. The summed E-state index contributed by atoms with van der Waals surface area (Å²) in [5.41, 5.74) is 0. The highest BCUT2D eigenvalue weighted by Gasteiger charge is 2.08. The van der Waals surface area contributed by atoms with Gasteiger partial charge in [-0.3, -0.25) is 4.79 Å². The van der Waals surface area contributed by atoms with Crippen LogP contribution in [-0.4, -0.2) is 12.3 Å². The van der Waals surface area contributed by atoms with Crippen molar-refractivity contribution in [1.29, 1.82) is 0 Å². The molecule has 0 aliphatic rings. The van der Waals surface area contributed by atoms with Crippen LogP contribution in [0.1, 0.15) is 13.8 Å². The van der Waals surface area contributed by atoms with Crippen molar-refractivity contribution in [3.8, 4) is 5.75 Å². The average Bonchev–Trinajstić information content (AvgIpc) is 2.28. The van der Waals surface area contributed by atoms with Crippen molar-refractivity contribution in [1.82, 2.24) is 0 Å². The second-order valence-electron chi connectivity index (χ2n) is 3.77. The van der Waals surface area contributed by atoms with Crippen LogP contribution >= 0.6 is 0 Å². The lowest BCUT2D eigenvalue weighted by Crippen LogP contribution is -2.19. The third-order valence-corrected chi connectivity index (χ3v) is 2.37. The first-order valence-electron chi connectivity index (χ1n) is 5.48. The Hall–Kier alpha value is -2.03. The van der Waals surface area contributed by atoms with E-state index in [1.165, 1.54) is 6.92 Å². The molecule has 1 atom stereocenters. The van der Waals surface area contributed by atoms with Crippen molar-refractivity contribution in [2.75, 3.05) is 0 Å². The van der Waals surface area contributed by atoms with Crippen LogP contribution in [0.4, 0.5) is 0 Å². The van der Waals surface area contributed by atoms with Gasteiger partial charge in [0.1, 0.15) is 5.75 Å². The maximum absolute atomic E-state index is 10.8. The highest BCUT2D eigenvalue weighted by molar-refractivity contribution is 5.88. The third-order valence-electron chi connectivity index (χ3n) is 2.37. The van der Waals surface area contributed by atoms with Crippen LogP contribution in [0.2, 0.25) is 0 Å². The molecule has 0 amide bonds. The van der Waals surface area contributed by atoms with E-state index < -0.39 is 6.29 Å². The molecule has 3 nitrogen and oxygen atoms in total. The fraction of sp³-hybridized carbons (Fsp3) is 0.214. The van der Waals surface area contributed by atoms with Gasteiger partial charge in [0.05, 0.1) is 0 Å². The van der Waals surface area contributed by atoms with E-state index in [0.29, 0.717) is 0 Å². The van der Waals surface area contributed by atoms with Crippen LogP contribution in [0, 0.1) is 0 Å². The summed E-state index contributed by atoms with van der Waals surface area (Å²) in [6.45, 7) is 3.06. The molecule has 0 aliphatic carbocycles. The van der Waals surface area contributed by atoms with Gasteiger partial charge in [0.2, 0.25) is 6.29 Å².